The van der Waals surface area contributed by atoms with Gasteiger partial charge in [0.2, 0.25) is 0 Å². The lowest BCUT2D eigenvalue weighted by Gasteiger charge is -2.10. The van der Waals surface area contributed by atoms with Crippen LogP contribution in [-0.2, 0) is 0 Å². The van der Waals surface area contributed by atoms with Crippen LogP contribution in [0, 0.1) is 11.3 Å². The Hall–Kier alpha value is -2.44. The molecule has 0 aliphatic rings. The van der Waals surface area contributed by atoms with E-state index in [1.165, 1.54) is 0 Å². The van der Waals surface area contributed by atoms with E-state index in [4.69, 9.17) is 21.1 Å². The van der Waals surface area contributed by atoms with Gasteiger partial charge in [-0.15, -0.1) is 0 Å². The predicted molar refractivity (Wildman–Crippen MR) is 84.5 cm³/mol. The lowest BCUT2D eigenvalue weighted by Crippen LogP contribution is -1.93. The molecule has 0 aromatic heterocycles. The first-order valence-corrected chi connectivity index (χ1v) is 6.66. The maximum atomic E-state index is 9.41. The van der Waals surface area contributed by atoms with E-state index in [0.29, 0.717) is 27.7 Å². The van der Waals surface area contributed by atoms with Crippen LogP contribution in [0.1, 0.15) is 11.1 Å². The number of rotatable bonds is 4. The van der Waals surface area contributed by atoms with Gasteiger partial charge in [0.05, 0.1) is 25.9 Å². The van der Waals surface area contributed by atoms with E-state index in [2.05, 4.69) is 6.07 Å². The second-order valence-corrected chi connectivity index (χ2v) is 4.64. The maximum Gasteiger partial charge on any atom is 0.167 e. The van der Waals surface area contributed by atoms with Crippen molar-refractivity contribution in [1.29, 1.82) is 5.26 Å². The van der Waals surface area contributed by atoms with Crippen LogP contribution in [0.15, 0.2) is 42.5 Å². The third-order valence-electron chi connectivity index (χ3n) is 3.02. The number of benzene rings is 2. The Morgan fingerprint density at radius 3 is 2.48 bits per heavy atom. The van der Waals surface area contributed by atoms with Crippen molar-refractivity contribution >= 4 is 23.3 Å². The minimum atomic E-state index is 0.465. The smallest absolute Gasteiger partial charge is 0.167 e. The van der Waals surface area contributed by atoms with Crippen molar-refractivity contribution in [2.24, 2.45) is 0 Å². The highest BCUT2D eigenvalue weighted by Crippen LogP contribution is 2.34. The summed E-state index contributed by atoms with van der Waals surface area (Å²) in [6.45, 7) is 0. The topological polar surface area (TPSA) is 42.2 Å². The SMILES string of the molecule is COc1cccc(C=C(C#N)c2ccccc2Cl)c1OC. The molecule has 0 radical (unpaired) electrons. The van der Waals surface area contributed by atoms with Crippen molar-refractivity contribution in [2.75, 3.05) is 14.2 Å². The minimum Gasteiger partial charge on any atom is -0.493 e. The monoisotopic (exact) mass is 299 g/mol. The number of ether oxygens (including phenoxy) is 2. The lowest BCUT2D eigenvalue weighted by molar-refractivity contribution is 0.354. The van der Waals surface area contributed by atoms with Crippen LogP contribution in [0.25, 0.3) is 11.6 Å². The molecule has 0 N–H and O–H groups in total. The van der Waals surface area contributed by atoms with E-state index in [0.717, 1.165) is 5.56 Å². The third kappa shape index (κ3) is 3.18. The van der Waals surface area contributed by atoms with Gasteiger partial charge in [-0.1, -0.05) is 41.9 Å². The molecule has 0 spiro atoms. The fourth-order valence-corrected chi connectivity index (χ4v) is 2.27. The molecule has 0 bridgehead atoms. The van der Waals surface area contributed by atoms with E-state index >= 15 is 0 Å². The van der Waals surface area contributed by atoms with Gasteiger partial charge in [-0.05, 0) is 18.2 Å². The third-order valence-corrected chi connectivity index (χ3v) is 3.35. The molecular weight excluding hydrogens is 286 g/mol. The highest BCUT2D eigenvalue weighted by molar-refractivity contribution is 6.32. The number of allylic oxidation sites excluding steroid dienone is 1. The molecule has 0 aliphatic heterocycles. The Bertz CT molecular complexity index is 717. The molecule has 106 valence electrons. The molecule has 0 saturated carbocycles. The summed E-state index contributed by atoms with van der Waals surface area (Å²) in [5.74, 6) is 1.20. The van der Waals surface area contributed by atoms with Crippen LogP contribution < -0.4 is 9.47 Å². The summed E-state index contributed by atoms with van der Waals surface area (Å²) >= 11 is 6.15. The molecule has 0 unspecified atom stereocenters. The van der Waals surface area contributed by atoms with E-state index in [1.807, 2.05) is 30.3 Å². The summed E-state index contributed by atoms with van der Waals surface area (Å²) in [6.07, 6.45) is 1.74. The zero-order valence-electron chi connectivity index (χ0n) is 11.8. The molecule has 2 aromatic carbocycles. The van der Waals surface area contributed by atoms with Gasteiger partial charge in [-0.2, -0.15) is 5.26 Å². The first-order chi connectivity index (χ1) is 10.2. The van der Waals surface area contributed by atoms with Crippen LogP contribution in [0.2, 0.25) is 5.02 Å². The fourth-order valence-electron chi connectivity index (χ4n) is 2.03. The van der Waals surface area contributed by atoms with Crippen molar-refractivity contribution in [3.63, 3.8) is 0 Å². The standard InChI is InChI=1S/C17H14ClNO2/c1-20-16-9-5-6-12(17(16)21-2)10-13(11-19)14-7-3-4-8-15(14)18/h3-10H,1-2H3. The summed E-state index contributed by atoms with van der Waals surface area (Å²) in [5, 5.41) is 9.94. The summed E-state index contributed by atoms with van der Waals surface area (Å²) in [4.78, 5) is 0. The Morgan fingerprint density at radius 1 is 1.10 bits per heavy atom. The molecule has 0 fully saturated rings. The molecule has 3 nitrogen and oxygen atoms in total. The van der Waals surface area contributed by atoms with Gasteiger partial charge < -0.3 is 9.47 Å². The molecule has 4 heteroatoms. The van der Waals surface area contributed by atoms with Crippen LogP contribution in [-0.4, -0.2) is 14.2 Å². The number of para-hydroxylation sites is 1. The van der Waals surface area contributed by atoms with Gasteiger partial charge in [0.1, 0.15) is 0 Å². The summed E-state index contributed by atoms with van der Waals surface area (Å²) in [6, 6.07) is 14.9. The molecule has 0 atom stereocenters. The number of methoxy groups -OCH3 is 2. The van der Waals surface area contributed by atoms with Crippen LogP contribution in [0.5, 0.6) is 11.5 Å². The summed E-state index contributed by atoms with van der Waals surface area (Å²) < 4.78 is 10.6. The molecule has 0 saturated heterocycles. The number of nitrogens with zero attached hydrogens (tertiary/aromatic N) is 1. The molecule has 0 aliphatic carbocycles. The van der Waals surface area contributed by atoms with Gasteiger partial charge in [-0.3, -0.25) is 0 Å². The van der Waals surface area contributed by atoms with Crippen molar-refractivity contribution in [2.45, 2.75) is 0 Å². The Morgan fingerprint density at radius 2 is 1.86 bits per heavy atom. The molecule has 21 heavy (non-hydrogen) atoms. The fraction of sp³-hybridized carbons (Fsp3) is 0.118. The van der Waals surface area contributed by atoms with Crippen LogP contribution >= 0.6 is 11.6 Å². The molecule has 0 heterocycles. The van der Waals surface area contributed by atoms with E-state index in [-0.39, 0.29) is 0 Å². The van der Waals surface area contributed by atoms with Gasteiger partial charge in [0.15, 0.2) is 11.5 Å². The molecule has 2 rings (SSSR count). The first kappa shape index (κ1) is 15.0. The second-order valence-electron chi connectivity index (χ2n) is 4.23. The summed E-state index contributed by atoms with van der Waals surface area (Å²) in [7, 11) is 3.14. The number of halogens is 1. The van der Waals surface area contributed by atoms with E-state index in [1.54, 1.807) is 32.4 Å². The van der Waals surface area contributed by atoms with Crippen LogP contribution in [0.3, 0.4) is 0 Å². The van der Waals surface area contributed by atoms with Gasteiger partial charge in [-0.25, -0.2) is 0 Å². The van der Waals surface area contributed by atoms with Crippen molar-refractivity contribution in [3.05, 3.63) is 58.6 Å². The molecular formula is C17H14ClNO2. The molecule has 0 amide bonds. The number of hydrogen-bond acceptors (Lipinski definition) is 3. The van der Waals surface area contributed by atoms with Crippen LogP contribution in [0.4, 0.5) is 0 Å². The van der Waals surface area contributed by atoms with Crippen molar-refractivity contribution in [3.8, 4) is 17.6 Å². The highest BCUT2D eigenvalue weighted by Gasteiger charge is 2.11. The second kappa shape index (κ2) is 6.83. The van der Waals surface area contributed by atoms with Gasteiger partial charge in [0, 0.05) is 16.1 Å². The Labute approximate surface area is 129 Å². The quantitative estimate of drug-likeness (QED) is 0.620. The first-order valence-electron chi connectivity index (χ1n) is 6.29. The Kier molecular flexibility index (Phi) is 4.86. The van der Waals surface area contributed by atoms with Crippen molar-refractivity contribution < 1.29 is 9.47 Å². The largest absolute Gasteiger partial charge is 0.493 e. The zero-order valence-corrected chi connectivity index (χ0v) is 12.5. The van der Waals surface area contributed by atoms with E-state index in [9.17, 15) is 5.26 Å². The normalized spacial score (nSPS) is 10.9. The number of nitriles is 1. The van der Waals surface area contributed by atoms with E-state index < -0.39 is 0 Å². The average Bonchev–Trinajstić information content (AvgIpc) is 2.52. The number of hydrogen-bond donors (Lipinski definition) is 0. The summed E-state index contributed by atoms with van der Waals surface area (Å²) in [5.41, 5.74) is 1.91. The van der Waals surface area contributed by atoms with Gasteiger partial charge in [0.25, 0.3) is 0 Å². The van der Waals surface area contributed by atoms with Gasteiger partial charge >= 0.3 is 0 Å². The maximum absolute atomic E-state index is 9.41. The average molecular weight is 300 g/mol. The highest BCUT2D eigenvalue weighted by atomic mass is 35.5. The van der Waals surface area contributed by atoms with Crippen molar-refractivity contribution in [1.82, 2.24) is 0 Å². The minimum absolute atomic E-state index is 0.465. The lowest BCUT2D eigenvalue weighted by atomic mass is 10.0. The Balaban J connectivity index is 2.57. The molecule has 2 aromatic rings. The zero-order chi connectivity index (χ0) is 15.2. The predicted octanol–water partition coefficient (Wildman–Crippen LogP) is 4.42.